The third-order valence-electron chi connectivity index (χ3n) is 8.63. The van der Waals surface area contributed by atoms with Crippen LogP contribution in [0.2, 0.25) is 0 Å². The maximum absolute atomic E-state index is 13.4. The lowest BCUT2D eigenvalue weighted by atomic mass is 9.47. The van der Waals surface area contributed by atoms with Crippen LogP contribution in [0, 0.1) is 28.6 Å². The highest BCUT2D eigenvalue weighted by molar-refractivity contribution is 5.91. The van der Waals surface area contributed by atoms with Gasteiger partial charge in [0.1, 0.15) is 0 Å². The Hall–Kier alpha value is -2.24. The third kappa shape index (κ3) is 2.20. The molecule has 4 bridgehead atoms. The molecular formula is C24H29NO5. The van der Waals surface area contributed by atoms with E-state index in [1.165, 1.54) is 7.11 Å². The van der Waals surface area contributed by atoms with Crippen molar-refractivity contribution in [1.29, 1.82) is 0 Å². The quantitative estimate of drug-likeness (QED) is 0.561. The van der Waals surface area contributed by atoms with Gasteiger partial charge >= 0.3 is 5.97 Å². The van der Waals surface area contributed by atoms with E-state index in [0.717, 1.165) is 49.2 Å². The standard InChI is InChI=1S/C24H29NO5/c1-23(2)20(16-5-4-6-17-19(16)30-12-29-17)25(21(23)26)18-14-7-13-8-15(18)11-24(9-13,10-14)22(27)28-3/h4-6,13-15,18,20H,7-12H2,1-3H3/t13?,14-,15?,18?,20?,24?/m0/s1. The van der Waals surface area contributed by atoms with Crippen molar-refractivity contribution in [3.05, 3.63) is 23.8 Å². The van der Waals surface area contributed by atoms with E-state index in [0.29, 0.717) is 17.8 Å². The first-order valence-electron chi connectivity index (χ1n) is 11.2. The molecule has 5 fully saturated rings. The second-order valence-corrected chi connectivity index (χ2v) is 10.7. The molecule has 1 aromatic carbocycles. The van der Waals surface area contributed by atoms with Crippen LogP contribution in [-0.4, -0.2) is 36.7 Å². The SMILES string of the molecule is COC(=O)C12CC3CC(C1)C(N1C(=O)C(C)(C)C1c1cccc4c1OCO4)[C@@H](C3)C2. The number of carbonyl (C=O) groups is 2. The van der Waals surface area contributed by atoms with Gasteiger partial charge in [-0.3, -0.25) is 9.59 Å². The van der Waals surface area contributed by atoms with Crippen molar-refractivity contribution in [2.24, 2.45) is 28.6 Å². The number of fused-ring (bicyclic) bond motifs is 1. The summed E-state index contributed by atoms with van der Waals surface area (Å²) >= 11 is 0. The van der Waals surface area contributed by atoms with Crippen LogP contribution >= 0.6 is 0 Å². The molecule has 6 aliphatic rings. The van der Waals surface area contributed by atoms with Crippen molar-refractivity contribution in [3.8, 4) is 11.5 Å². The van der Waals surface area contributed by atoms with Crippen molar-refractivity contribution < 1.29 is 23.8 Å². The molecule has 6 heteroatoms. The molecule has 1 amide bonds. The normalized spacial score (nSPS) is 39.8. The van der Waals surface area contributed by atoms with Gasteiger partial charge in [0.05, 0.1) is 24.0 Å². The molecule has 1 saturated heterocycles. The maximum atomic E-state index is 13.4. The second-order valence-electron chi connectivity index (χ2n) is 10.7. The first kappa shape index (κ1) is 18.5. The summed E-state index contributed by atoms with van der Waals surface area (Å²) in [7, 11) is 1.51. The third-order valence-corrected chi connectivity index (χ3v) is 8.63. The van der Waals surface area contributed by atoms with E-state index in [1.807, 2.05) is 26.0 Å². The van der Waals surface area contributed by atoms with Crippen LogP contribution in [0.1, 0.15) is 57.6 Å². The van der Waals surface area contributed by atoms with E-state index in [-0.39, 0.29) is 36.2 Å². The molecule has 5 unspecified atom stereocenters. The minimum atomic E-state index is -0.476. The van der Waals surface area contributed by atoms with Crippen LogP contribution in [-0.2, 0) is 14.3 Å². The number of benzene rings is 1. The summed E-state index contributed by atoms with van der Waals surface area (Å²) in [5.41, 5.74) is 0.243. The summed E-state index contributed by atoms with van der Waals surface area (Å²) < 4.78 is 16.6. The number of rotatable bonds is 3. The minimum Gasteiger partial charge on any atom is -0.469 e. The van der Waals surface area contributed by atoms with Crippen molar-refractivity contribution in [1.82, 2.24) is 4.90 Å². The number of carbonyl (C=O) groups excluding carboxylic acids is 2. The molecular weight excluding hydrogens is 382 g/mol. The molecule has 0 aromatic heterocycles. The number of hydrogen-bond acceptors (Lipinski definition) is 5. The summed E-state index contributed by atoms with van der Waals surface area (Å²) in [5, 5.41) is 0. The van der Waals surface area contributed by atoms with Gasteiger partial charge in [-0.15, -0.1) is 0 Å². The minimum absolute atomic E-state index is 0.0294. The fraction of sp³-hybridized carbons (Fsp3) is 0.667. The van der Waals surface area contributed by atoms with Crippen LogP contribution < -0.4 is 9.47 Å². The summed E-state index contributed by atoms with van der Waals surface area (Å²) in [6.45, 7) is 4.31. The Bertz CT molecular complexity index is 924. The number of nitrogens with zero attached hydrogens (tertiary/aromatic N) is 1. The van der Waals surface area contributed by atoms with Crippen LogP contribution in [0.15, 0.2) is 18.2 Å². The average Bonchev–Trinajstić information content (AvgIpc) is 3.20. The number of β-lactam (4-membered cyclic amide) rings is 1. The lowest BCUT2D eigenvalue weighted by molar-refractivity contribution is -0.203. The van der Waals surface area contributed by atoms with Gasteiger partial charge in [-0.05, 0) is 69.8 Å². The largest absolute Gasteiger partial charge is 0.469 e. The van der Waals surface area contributed by atoms with E-state index >= 15 is 0 Å². The highest BCUT2D eigenvalue weighted by atomic mass is 16.7. The van der Waals surface area contributed by atoms with E-state index in [9.17, 15) is 9.59 Å². The maximum Gasteiger partial charge on any atom is 0.311 e. The summed E-state index contributed by atoms with van der Waals surface area (Å²) in [6.07, 6.45) is 4.88. The molecule has 160 valence electrons. The van der Waals surface area contributed by atoms with Gasteiger partial charge in [0, 0.05) is 11.6 Å². The second kappa shape index (κ2) is 5.92. The summed E-state index contributed by atoms with van der Waals surface area (Å²) in [6, 6.07) is 6.16. The number of hydrogen-bond donors (Lipinski definition) is 0. The van der Waals surface area contributed by atoms with Crippen molar-refractivity contribution >= 4 is 11.9 Å². The van der Waals surface area contributed by atoms with Gasteiger partial charge in [0.25, 0.3) is 0 Å². The highest BCUT2D eigenvalue weighted by Crippen LogP contribution is 2.65. The smallest absolute Gasteiger partial charge is 0.311 e. The zero-order valence-electron chi connectivity index (χ0n) is 17.8. The van der Waals surface area contributed by atoms with Gasteiger partial charge in [0.2, 0.25) is 12.7 Å². The molecule has 2 heterocycles. The van der Waals surface area contributed by atoms with Gasteiger partial charge in [-0.2, -0.15) is 0 Å². The number of likely N-dealkylation sites (tertiary alicyclic amines) is 1. The Kier molecular flexibility index (Phi) is 3.66. The van der Waals surface area contributed by atoms with Crippen LogP contribution in [0.5, 0.6) is 11.5 Å². The van der Waals surface area contributed by atoms with Crippen molar-refractivity contribution in [2.75, 3.05) is 13.9 Å². The summed E-state index contributed by atoms with van der Waals surface area (Å²) in [5.74, 6) is 3.03. The average molecular weight is 411 g/mol. The van der Waals surface area contributed by atoms with Crippen LogP contribution in [0.3, 0.4) is 0 Å². The predicted molar refractivity (Wildman–Crippen MR) is 108 cm³/mol. The molecule has 6 nitrogen and oxygen atoms in total. The summed E-state index contributed by atoms with van der Waals surface area (Å²) in [4.78, 5) is 28.2. The lowest BCUT2D eigenvalue weighted by Gasteiger charge is -2.66. The number of esters is 1. The molecule has 6 atom stereocenters. The molecule has 1 aromatic rings. The molecule has 30 heavy (non-hydrogen) atoms. The monoisotopic (exact) mass is 411 g/mol. The van der Waals surface area contributed by atoms with E-state index in [4.69, 9.17) is 14.2 Å². The van der Waals surface area contributed by atoms with Gasteiger partial charge in [-0.25, -0.2) is 0 Å². The molecule has 4 aliphatic carbocycles. The Morgan fingerprint density at radius 2 is 1.87 bits per heavy atom. The fourth-order valence-electron chi connectivity index (χ4n) is 7.78. The first-order valence-corrected chi connectivity index (χ1v) is 11.2. The molecule has 0 radical (unpaired) electrons. The highest BCUT2D eigenvalue weighted by Gasteiger charge is 2.66. The predicted octanol–water partition coefficient (Wildman–Crippen LogP) is 3.69. The number of para-hydroxylation sites is 1. The Morgan fingerprint density at radius 1 is 1.13 bits per heavy atom. The van der Waals surface area contributed by atoms with Gasteiger partial charge in [0.15, 0.2) is 11.5 Å². The van der Waals surface area contributed by atoms with E-state index in [2.05, 4.69) is 11.0 Å². The van der Waals surface area contributed by atoms with Crippen LogP contribution in [0.25, 0.3) is 0 Å². The molecule has 7 rings (SSSR count). The zero-order valence-corrected chi connectivity index (χ0v) is 17.8. The number of ether oxygens (including phenoxy) is 3. The molecule has 2 aliphatic heterocycles. The Morgan fingerprint density at radius 3 is 2.57 bits per heavy atom. The van der Waals surface area contributed by atoms with Crippen LogP contribution in [0.4, 0.5) is 0 Å². The molecule has 4 saturated carbocycles. The van der Waals surface area contributed by atoms with Gasteiger partial charge < -0.3 is 19.1 Å². The molecule has 0 spiro atoms. The van der Waals surface area contributed by atoms with Crippen molar-refractivity contribution in [3.63, 3.8) is 0 Å². The first-order chi connectivity index (χ1) is 14.4. The van der Waals surface area contributed by atoms with E-state index < -0.39 is 5.41 Å². The van der Waals surface area contributed by atoms with Crippen molar-refractivity contribution in [2.45, 2.75) is 58.0 Å². The van der Waals surface area contributed by atoms with E-state index in [1.54, 1.807) is 0 Å². The Labute approximate surface area is 176 Å². The number of amides is 1. The number of methoxy groups -OCH3 is 1. The lowest BCUT2D eigenvalue weighted by Crippen LogP contribution is -2.70. The Balaban J connectivity index is 1.38. The topological polar surface area (TPSA) is 65.1 Å². The zero-order chi connectivity index (χ0) is 20.8. The fourth-order valence-corrected chi connectivity index (χ4v) is 7.78. The molecule has 0 N–H and O–H groups in total. The van der Waals surface area contributed by atoms with Gasteiger partial charge in [-0.1, -0.05) is 12.1 Å².